The number of rotatable bonds is 9. The molecule has 0 nitrogen and oxygen atoms in total. The minimum Gasteiger partial charge on any atom is -0.0958 e. The molecule has 33 heavy (non-hydrogen) atoms. The summed E-state index contributed by atoms with van der Waals surface area (Å²) in [7, 11) is -1.34. The van der Waals surface area contributed by atoms with E-state index in [0.29, 0.717) is 0 Å². The largest absolute Gasteiger partial charge is 0.145 e. The average molecular weight is 602 g/mol. The zero-order valence-electron chi connectivity index (χ0n) is 18.1. The summed E-state index contributed by atoms with van der Waals surface area (Å²) in [6.45, 7) is 0. The molecule has 0 saturated carbocycles. The Bertz CT molecular complexity index is 999. The fourth-order valence-electron chi connectivity index (χ4n) is 3.87. The molecule has 0 aliphatic heterocycles. The predicted octanol–water partition coefficient (Wildman–Crippen LogP) is 7.16. The Kier molecular flexibility index (Phi) is 10.6. The summed E-state index contributed by atoms with van der Waals surface area (Å²) in [5, 5.41) is 5.23. The van der Waals surface area contributed by atoms with Gasteiger partial charge in [-0.1, -0.05) is 145 Å². The van der Waals surface area contributed by atoms with Gasteiger partial charge >= 0.3 is 0 Å². The first-order valence-electron chi connectivity index (χ1n) is 10.8. The normalized spacial score (nSPS) is 11.4. The molecule has 0 spiro atoms. The zero-order chi connectivity index (χ0) is 22.2. The molecule has 0 aliphatic rings. The molecule has 0 aromatic heterocycles. The summed E-state index contributed by atoms with van der Waals surface area (Å²) in [6.07, 6.45) is 2.79. The molecule has 0 saturated heterocycles. The smallest absolute Gasteiger partial charge is 0.0958 e. The standard InChI is InChI=1S/C28H26Cl2P2.Pd/c29-28(30,32(26-18-9-3-10-19-26)27-20-11-4-12-21-27)22-13-23-31(24-14-5-1-6-15-24)25-16-7-2-8-17-25;/h1-12,14-21H,13,22-23H2;. The van der Waals surface area contributed by atoms with Gasteiger partial charge in [0.25, 0.3) is 0 Å². The van der Waals surface area contributed by atoms with E-state index in [1.165, 1.54) is 21.2 Å². The van der Waals surface area contributed by atoms with E-state index >= 15 is 0 Å². The number of benzene rings is 4. The van der Waals surface area contributed by atoms with Gasteiger partial charge < -0.3 is 0 Å². The molecule has 0 amide bonds. The summed E-state index contributed by atoms with van der Waals surface area (Å²) in [5.41, 5.74) is 0. The van der Waals surface area contributed by atoms with Gasteiger partial charge in [-0.15, -0.1) is 0 Å². The molecule has 0 aliphatic carbocycles. The van der Waals surface area contributed by atoms with Crippen molar-refractivity contribution in [2.45, 2.75) is 16.9 Å². The molecule has 0 unspecified atom stereocenters. The van der Waals surface area contributed by atoms with Gasteiger partial charge in [0, 0.05) is 20.4 Å². The van der Waals surface area contributed by atoms with Crippen molar-refractivity contribution >= 4 is 60.3 Å². The van der Waals surface area contributed by atoms with Crippen LogP contribution >= 0.6 is 39.0 Å². The van der Waals surface area contributed by atoms with Crippen molar-refractivity contribution in [2.75, 3.05) is 6.16 Å². The van der Waals surface area contributed by atoms with Crippen LogP contribution in [0.25, 0.3) is 0 Å². The van der Waals surface area contributed by atoms with Crippen LogP contribution in [0.1, 0.15) is 12.8 Å². The summed E-state index contributed by atoms with van der Waals surface area (Å²) >= 11 is 14.3. The van der Waals surface area contributed by atoms with E-state index in [4.69, 9.17) is 23.2 Å². The number of hydrogen-bond donors (Lipinski definition) is 0. The van der Waals surface area contributed by atoms with Gasteiger partial charge in [-0.05, 0) is 56.1 Å². The topological polar surface area (TPSA) is 0 Å². The summed E-state index contributed by atoms with van der Waals surface area (Å²) in [4.78, 5) is 0. The maximum Gasteiger partial charge on any atom is 0.145 e. The molecule has 172 valence electrons. The Labute approximate surface area is 223 Å². The molecule has 4 aromatic rings. The van der Waals surface area contributed by atoms with Crippen LogP contribution in [0.4, 0.5) is 0 Å². The van der Waals surface area contributed by atoms with Crippen molar-refractivity contribution in [3.05, 3.63) is 121 Å². The second-order valence-electron chi connectivity index (χ2n) is 7.60. The van der Waals surface area contributed by atoms with E-state index < -0.39 is 19.9 Å². The molecule has 0 bridgehead atoms. The van der Waals surface area contributed by atoms with Gasteiger partial charge in [0.1, 0.15) is 4.07 Å². The second kappa shape index (κ2) is 13.2. The van der Waals surface area contributed by atoms with Crippen LogP contribution in [0.15, 0.2) is 121 Å². The van der Waals surface area contributed by atoms with Gasteiger partial charge in [0.15, 0.2) is 0 Å². The van der Waals surface area contributed by atoms with Crippen molar-refractivity contribution in [3.63, 3.8) is 0 Å². The molecule has 0 radical (unpaired) electrons. The van der Waals surface area contributed by atoms with Crippen molar-refractivity contribution in [2.24, 2.45) is 0 Å². The molecule has 0 atom stereocenters. The Morgan fingerprint density at radius 2 is 0.848 bits per heavy atom. The summed E-state index contributed by atoms with van der Waals surface area (Å²) in [6, 6.07) is 42.6. The van der Waals surface area contributed by atoms with Crippen LogP contribution in [0.3, 0.4) is 0 Å². The maximum absolute atomic E-state index is 7.15. The van der Waals surface area contributed by atoms with Gasteiger partial charge in [-0.25, -0.2) is 0 Å². The van der Waals surface area contributed by atoms with Crippen molar-refractivity contribution in [1.82, 2.24) is 0 Å². The number of hydrogen-bond acceptors (Lipinski definition) is 0. The van der Waals surface area contributed by atoms with Crippen LogP contribution in [-0.4, -0.2) is 10.2 Å². The quantitative estimate of drug-likeness (QED) is 0.109. The van der Waals surface area contributed by atoms with Crippen LogP contribution in [-0.2, 0) is 20.4 Å². The van der Waals surface area contributed by atoms with Crippen molar-refractivity contribution in [3.8, 4) is 0 Å². The first-order chi connectivity index (χ1) is 15.6. The first kappa shape index (κ1) is 26.6. The SMILES string of the molecule is ClC(Cl)(CCCP(c1ccccc1)c1ccccc1)P(c1ccccc1)c1ccccc1.[Pd]. The monoisotopic (exact) mass is 600 g/mol. The van der Waals surface area contributed by atoms with Crippen LogP contribution < -0.4 is 21.2 Å². The first-order valence-corrected chi connectivity index (χ1v) is 14.4. The van der Waals surface area contributed by atoms with E-state index in [-0.39, 0.29) is 20.4 Å². The Balaban J connectivity index is 0.00000306. The average Bonchev–Trinajstić information content (AvgIpc) is 2.84. The van der Waals surface area contributed by atoms with Gasteiger partial charge in [0.05, 0.1) is 0 Å². The minimum atomic E-state index is -0.895. The Morgan fingerprint density at radius 1 is 0.515 bits per heavy atom. The van der Waals surface area contributed by atoms with Gasteiger partial charge in [0.2, 0.25) is 0 Å². The summed E-state index contributed by atoms with van der Waals surface area (Å²) in [5.74, 6) is 0. The third-order valence-electron chi connectivity index (χ3n) is 5.35. The van der Waals surface area contributed by atoms with Crippen molar-refractivity contribution in [1.29, 1.82) is 0 Å². The third-order valence-corrected chi connectivity index (χ3v) is 11.9. The molecule has 4 aromatic carbocycles. The zero-order valence-corrected chi connectivity index (χ0v) is 23.0. The molecular formula is C28H26Cl2P2Pd. The van der Waals surface area contributed by atoms with E-state index in [1.807, 2.05) is 12.1 Å². The van der Waals surface area contributed by atoms with E-state index in [0.717, 1.165) is 19.0 Å². The fraction of sp³-hybridized carbons (Fsp3) is 0.143. The molecular weight excluding hydrogens is 576 g/mol. The number of halogens is 2. The fourth-order valence-corrected chi connectivity index (χ4v) is 10.0. The van der Waals surface area contributed by atoms with Crippen molar-refractivity contribution < 1.29 is 20.4 Å². The van der Waals surface area contributed by atoms with Crippen LogP contribution in [0, 0.1) is 0 Å². The molecule has 0 N–H and O–H groups in total. The number of alkyl halides is 2. The molecule has 4 rings (SSSR count). The van der Waals surface area contributed by atoms with E-state index in [2.05, 4.69) is 109 Å². The minimum absolute atomic E-state index is 0. The molecule has 0 heterocycles. The molecule has 0 fully saturated rings. The van der Waals surface area contributed by atoms with E-state index in [9.17, 15) is 0 Å². The summed E-state index contributed by atoms with van der Waals surface area (Å²) < 4.78 is -0.827. The Morgan fingerprint density at radius 3 is 1.21 bits per heavy atom. The maximum atomic E-state index is 7.15. The predicted molar refractivity (Wildman–Crippen MR) is 147 cm³/mol. The van der Waals surface area contributed by atoms with Crippen LogP contribution in [0.2, 0.25) is 0 Å². The van der Waals surface area contributed by atoms with Gasteiger partial charge in [-0.3, -0.25) is 0 Å². The third kappa shape index (κ3) is 7.23. The van der Waals surface area contributed by atoms with Gasteiger partial charge in [-0.2, -0.15) is 0 Å². The second-order valence-corrected chi connectivity index (χ2v) is 14.4. The van der Waals surface area contributed by atoms with E-state index in [1.54, 1.807) is 0 Å². The Hall–Kier alpha value is -1.02. The van der Waals surface area contributed by atoms with Crippen LogP contribution in [0.5, 0.6) is 0 Å². The molecule has 5 heteroatoms.